The quantitative estimate of drug-likeness (QED) is 0.893. The number of nitrogens with one attached hydrogen (secondary N) is 1. The lowest BCUT2D eigenvalue weighted by Gasteiger charge is -2.32. The summed E-state index contributed by atoms with van der Waals surface area (Å²) in [5.41, 5.74) is 0. The van der Waals surface area contributed by atoms with Gasteiger partial charge in [-0.2, -0.15) is 0 Å². The largest absolute Gasteiger partial charge is 0.465 e. The zero-order chi connectivity index (χ0) is 17.2. The summed E-state index contributed by atoms with van der Waals surface area (Å²) < 4.78 is 16.8. The lowest BCUT2D eigenvalue weighted by atomic mass is 10.0. The summed E-state index contributed by atoms with van der Waals surface area (Å²) >= 11 is 0. The predicted molar refractivity (Wildman–Crippen MR) is 89.0 cm³/mol. The van der Waals surface area contributed by atoms with Gasteiger partial charge in [0.15, 0.2) is 0 Å². The third-order valence-electron chi connectivity index (χ3n) is 5.03. The average Bonchev–Trinajstić information content (AvgIpc) is 3.37. The predicted octanol–water partition coefficient (Wildman–Crippen LogP) is 1.99. The summed E-state index contributed by atoms with van der Waals surface area (Å²) in [7, 11) is 0. The van der Waals surface area contributed by atoms with Crippen LogP contribution in [0.1, 0.15) is 41.8 Å². The van der Waals surface area contributed by atoms with Gasteiger partial charge in [-0.25, -0.2) is 0 Å². The van der Waals surface area contributed by atoms with Crippen LogP contribution < -0.4 is 5.32 Å². The number of nitrogens with zero attached hydrogens (tertiary/aromatic N) is 2. The van der Waals surface area contributed by atoms with Crippen LogP contribution in [0, 0.1) is 0 Å². The molecule has 2 aromatic heterocycles. The van der Waals surface area contributed by atoms with Crippen molar-refractivity contribution in [2.24, 2.45) is 0 Å². The Morgan fingerprint density at radius 2 is 2.24 bits per heavy atom. The molecule has 2 aromatic rings. The molecule has 2 aliphatic rings. The molecule has 2 aliphatic heterocycles. The maximum Gasteiger partial charge on any atom is 0.290 e. The van der Waals surface area contributed by atoms with Crippen molar-refractivity contribution in [1.29, 1.82) is 0 Å². The van der Waals surface area contributed by atoms with E-state index in [2.05, 4.69) is 22.3 Å². The molecular weight excluding hydrogens is 322 g/mol. The van der Waals surface area contributed by atoms with Crippen LogP contribution in [-0.4, -0.2) is 47.3 Å². The molecule has 7 heteroatoms. The number of furan rings is 1. The maximum absolute atomic E-state index is 12.3. The monoisotopic (exact) mass is 345 g/mol. The molecule has 1 amide bonds. The molecule has 0 unspecified atom stereocenters. The second-order valence-corrected chi connectivity index (χ2v) is 6.65. The van der Waals surface area contributed by atoms with Gasteiger partial charge in [-0.05, 0) is 25.0 Å². The number of hydrogen-bond acceptors (Lipinski definition) is 6. The smallest absolute Gasteiger partial charge is 0.290 e. The Labute approximate surface area is 146 Å². The highest BCUT2D eigenvalue weighted by Crippen LogP contribution is 2.30. The number of aryl methyl sites for hydroxylation is 1. The van der Waals surface area contributed by atoms with Gasteiger partial charge in [0.1, 0.15) is 11.5 Å². The summed E-state index contributed by atoms with van der Waals surface area (Å²) in [5, 5.41) is 6.63. The Kier molecular flexibility index (Phi) is 4.59. The van der Waals surface area contributed by atoms with Crippen LogP contribution in [-0.2, 0) is 17.7 Å². The summed E-state index contributed by atoms with van der Waals surface area (Å²) in [4.78, 5) is 14.7. The van der Waals surface area contributed by atoms with Crippen LogP contribution in [0.5, 0.6) is 0 Å². The van der Waals surface area contributed by atoms with Crippen molar-refractivity contribution in [3.05, 3.63) is 41.7 Å². The van der Waals surface area contributed by atoms with Crippen molar-refractivity contribution in [2.45, 2.75) is 50.9 Å². The minimum Gasteiger partial charge on any atom is -0.465 e. The molecule has 134 valence electrons. The highest BCUT2D eigenvalue weighted by molar-refractivity contribution is 5.91. The molecule has 0 bridgehead atoms. The third kappa shape index (κ3) is 3.34. The van der Waals surface area contributed by atoms with Crippen LogP contribution in [0.3, 0.4) is 0 Å². The van der Waals surface area contributed by atoms with E-state index < -0.39 is 0 Å². The highest BCUT2D eigenvalue weighted by Gasteiger charge is 2.45. The van der Waals surface area contributed by atoms with Crippen LogP contribution in [0.25, 0.3) is 0 Å². The van der Waals surface area contributed by atoms with Crippen LogP contribution in [0.2, 0.25) is 0 Å². The third-order valence-corrected chi connectivity index (χ3v) is 5.03. The highest BCUT2D eigenvalue weighted by atomic mass is 16.5. The first-order chi connectivity index (χ1) is 12.2. The number of fused-ring (bicyclic) bond motifs is 1. The van der Waals surface area contributed by atoms with Gasteiger partial charge in [-0.3, -0.25) is 9.69 Å². The van der Waals surface area contributed by atoms with Crippen LogP contribution in [0.15, 0.2) is 33.3 Å². The Morgan fingerprint density at radius 1 is 1.36 bits per heavy atom. The molecule has 4 heterocycles. The second kappa shape index (κ2) is 7.01. The molecule has 25 heavy (non-hydrogen) atoms. The van der Waals surface area contributed by atoms with Gasteiger partial charge < -0.3 is 19.0 Å². The molecule has 1 N–H and O–H groups in total. The second-order valence-electron chi connectivity index (χ2n) is 6.65. The van der Waals surface area contributed by atoms with E-state index in [9.17, 15) is 4.79 Å². The average molecular weight is 345 g/mol. The molecule has 0 spiro atoms. The zero-order valence-corrected chi connectivity index (χ0v) is 14.3. The molecule has 0 aliphatic carbocycles. The summed E-state index contributed by atoms with van der Waals surface area (Å²) in [6, 6.07) is 5.87. The fourth-order valence-electron chi connectivity index (χ4n) is 3.83. The van der Waals surface area contributed by atoms with Crippen molar-refractivity contribution >= 4 is 5.91 Å². The zero-order valence-electron chi connectivity index (χ0n) is 14.3. The standard InChI is InChI=1S/C18H23N3O4/c1-2-12-5-6-13(24-12)10-21-11-14(17-15(21)4-3-9-23-17)20-18(22)16-7-8-19-25-16/h5-8,14-15,17H,2-4,9-11H2,1H3,(H,20,22)/t14-,15+,17+/m1/s1. The number of aromatic nitrogens is 1. The van der Waals surface area contributed by atoms with E-state index in [1.165, 1.54) is 6.20 Å². The van der Waals surface area contributed by atoms with Gasteiger partial charge in [0.25, 0.3) is 5.91 Å². The van der Waals surface area contributed by atoms with Crippen molar-refractivity contribution < 1.29 is 18.5 Å². The first kappa shape index (κ1) is 16.4. The minimum atomic E-state index is -0.247. The van der Waals surface area contributed by atoms with Gasteiger partial charge in [-0.15, -0.1) is 0 Å². The molecule has 4 rings (SSSR count). The van der Waals surface area contributed by atoms with E-state index in [1.54, 1.807) is 6.07 Å². The molecule has 0 aromatic carbocycles. The number of carbonyl (C=O) groups is 1. The number of carbonyl (C=O) groups excluding carboxylic acids is 1. The number of ether oxygens (including phenoxy) is 1. The Balaban J connectivity index is 1.46. The van der Waals surface area contributed by atoms with E-state index in [1.807, 2.05) is 12.1 Å². The Bertz CT molecular complexity index is 712. The molecule has 7 nitrogen and oxygen atoms in total. The van der Waals surface area contributed by atoms with E-state index in [-0.39, 0.29) is 23.8 Å². The van der Waals surface area contributed by atoms with E-state index in [4.69, 9.17) is 13.7 Å². The van der Waals surface area contributed by atoms with Gasteiger partial charge in [-0.1, -0.05) is 12.1 Å². The fourth-order valence-corrected chi connectivity index (χ4v) is 3.83. The summed E-state index contributed by atoms with van der Waals surface area (Å²) in [6.45, 7) is 4.29. The topological polar surface area (TPSA) is 80.7 Å². The van der Waals surface area contributed by atoms with Crippen molar-refractivity contribution in [1.82, 2.24) is 15.4 Å². The Morgan fingerprint density at radius 3 is 3.00 bits per heavy atom. The maximum atomic E-state index is 12.3. The molecular formula is C18H23N3O4. The SMILES string of the molecule is CCc1ccc(CN2C[C@@H](NC(=O)c3ccno3)[C@@H]3OCCC[C@@H]32)o1. The molecule has 2 saturated heterocycles. The van der Waals surface area contributed by atoms with Crippen molar-refractivity contribution in [3.8, 4) is 0 Å². The lowest BCUT2D eigenvalue weighted by molar-refractivity contribution is -0.0220. The molecule has 2 fully saturated rings. The first-order valence-corrected chi connectivity index (χ1v) is 8.89. The van der Waals surface area contributed by atoms with Crippen LogP contribution >= 0.6 is 0 Å². The lowest BCUT2D eigenvalue weighted by Crippen LogP contribution is -2.47. The normalized spacial score (nSPS) is 26.5. The van der Waals surface area contributed by atoms with Gasteiger partial charge in [0.2, 0.25) is 5.76 Å². The number of likely N-dealkylation sites (tertiary alicyclic amines) is 1. The molecule has 0 saturated carbocycles. The summed E-state index contributed by atoms with van der Waals surface area (Å²) in [5.74, 6) is 1.94. The van der Waals surface area contributed by atoms with Gasteiger partial charge >= 0.3 is 0 Å². The van der Waals surface area contributed by atoms with Gasteiger partial charge in [0.05, 0.1) is 24.9 Å². The number of hydrogen-bond donors (Lipinski definition) is 1. The Hall–Kier alpha value is -2.12. The van der Waals surface area contributed by atoms with E-state index in [0.717, 1.165) is 50.5 Å². The number of rotatable bonds is 5. The van der Waals surface area contributed by atoms with E-state index in [0.29, 0.717) is 6.04 Å². The summed E-state index contributed by atoms with van der Waals surface area (Å²) in [6.07, 6.45) is 4.48. The minimum absolute atomic E-state index is 0.00114. The molecule has 0 radical (unpaired) electrons. The van der Waals surface area contributed by atoms with Crippen molar-refractivity contribution in [3.63, 3.8) is 0 Å². The number of amides is 1. The first-order valence-electron chi connectivity index (χ1n) is 8.89. The van der Waals surface area contributed by atoms with Gasteiger partial charge in [0, 0.05) is 31.7 Å². The molecule has 3 atom stereocenters. The van der Waals surface area contributed by atoms with E-state index >= 15 is 0 Å². The fraction of sp³-hybridized carbons (Fsp3) is 0.556. The van der Waals surface area contributed by atoms with Crippen LogP contribution in [0.4, 0.5) is 0 Å². The van der Waals surface area contributed by atoms with Crippen molar-refractivity contribution in [2.75, 3.05) is 13.2 Å².